The lowest BCUT2D eigenvalue weighted by atomic mass is 9.97. The van der Waals surface area contributed by atoms with Crippen molar-refractivity contribution in [3.05, 3.63) is 35.6 Å². The number of hydrazine groups is 1. The Hall–Kier alpha value is -1.46. The molecule has 0 spiro atoms. The smallest absolute Gasteiger partial charge is 0.238 e. The summed E-state index contributed by atoms with van der Waals surface area (Å²) in [4.78, 5) is 13.7. The molecule has 1 aromatic carbocycles. The monoisotopic (exact) mass is 251 g/mol. The van der Waals surface area contributed by atoms with Gasteiger partial charge in [0.05, 0.1) is 5.92 Å². The lowest BCUT2D eigenvalue weighted by Gasteiger charge is -2.31. The van der Waals surface area contributed by atoms with Crippen molar-refractivity contribution < 1.29 is 9.18 Å². The molecule has 5 heteroatoms. The van der Waals surface area contributed by atoms with Crippen molar-refractivity contribution in [2.75, 3.05) is 13.1 Å². The predicted molar refractivity (Wildman–Crippen MR) is 66.7 cm³/mol. The fourth-order valence-corrected chi connectivity index (χ4v) is 2.38. The third kappa shape index (κ3) is 3.27. The number of piperidine rings is 1. The zero-order valence-corrected chi connectivity index (χ0v) is 10.2. The van der Waals surface area contributed by atoms with Gasteiger partial charge in [-0.15, -0.1) is 0 Å². The van der Waals surface area contributed by atoms with Gasteiger partial charge in [-0.25, -0.2) is 10.2 Å². The molecule has 0 aromatic heterocycles. The van der Waals surface area contributed by atoms with Crippen LogP contribution in [0.4, 0.5) is 4.39 Å². The van der Waals surface area contributed by atoms with E-state index in [0.717, 1.165) is 31.5 Å². The summed E-state index contributed by atoms with van der Waals surface area (Å²) in [6, 6.07) is 6.48. The maximum absolute atomic E-state index is 12.8. The molecule has 1 saturated heterocycles. The van der Waals surface area contributed by atoms with E-state index in [1.165, 1.54) is 12.1 Å². The van der Waals surface area contributed by atoms with Crippen LogP contribution in [0, 0.1) is 11.7 Å². The Labute approximate surface area is 106 Å². The topological polar surface area (TPSA) is 58.4 Å². The standard InChI is InChI=1S/C13H18FN3O/c14-12-5-3-10(4-6-12)8-17-7-1-2-11(9-17)13(18)16-15/h3-6,11H,1-2,7-9,15H2,(H,16,18). The number of carbonyl (C=O) groups excluding carboxylic acids is 1. The average Bonchev–Trinajstić information content (AvgIpc) is 2.41. The van der Waals surface area contributed by atoms with E-state index >= 15 is 0 Å². The van der Waals surface area contributed by atoms with Crippen LogP contribution >= 0.6 is 0 Å². The van der Waals surface area contributed by atoms with Crippen molar-refractivity contribution >= 4 is 5.91 Å². The van der Waals surface area contributed by atoms with Gasteiger partial charge in [-0.2, -0.15) is 0 Å². The van der Waals surface area contributed by atoms with Crippen LogP contribution in [0.25, 0.3) is 0 Å². The van der Waals surface area contributed by atoms with Crippen LogP contribution in [0.3, 0.4) is 0 Å². The molecule has 1 amide bonds. The minimum Gasteiger partial charge on any atom is -0.298 e. The molecule has 0 aliphatic carbocycles. The highest BCUT2D eigenvalue weighted by molar-refractivity contribution is 5.78. The predicted octanol–water partition coefficient (Wildman–Crippen LogP) is 1.03. The van der Waals surface area contributed by atoms with Crippen molar-refractivity contribution in [1.29, 1.82) is 0 Å². The highest BCUT2D eigenvalue weighted by Gasteiger charge is 2.25. The van der Waals surface area contributed by atoms with E-state index in [1.54, 1.807) is 12.1 Å². The van der Waals surface area contributed by atoms with Crippen molar-refractivity contribution in [2.45, 2.75) is 19.4 Å². The number of carbonyl (C=O) groups is 1. The Balaban J connectivity index is 1.93. The molecule has 4 nitrogen and oxygen atoms in total. The lowest BCUT2D eigenvalue weighted by Crippen LogP contribution is -2.44. The fourth-order valence-electron chi connectivity index (χ4n) is 2.38. The molecule has 0 radical (unpaired) electrons. The van der Waals surface area contributed by atoms with Gasteiger partial charge in [0, 0.05) is 13.1 Å². The van der Waals surface area contributed by atoms with Gasteiger partial charge >= 0.3 is 0 Å². The van der Waals surface area contributed by atoms with Gasteiger partial charge < -0.3 is 0 Å². The van der Waals surface area contributed by atoms with Crippen molar-refractivity contribution in [3.63, 3.8) is 0 Å². The molecule has 0 saturated carbocycles. The van der Waals surface area contributed by atoms with Gasteiger partial charge in [0.25, 0.3) is 0 Å². The number of amides is 1. The number of hydrogen-bond acceptors (Lipinski definition) is 3. The summed E-state index contributed by atoms with van der Waals surface area (Å²) in [6.07, 6.45) is 1.86. The van der Waals surface area contributed by atoms with Crippen LogP contribution in [0.2, 0.25) is 0 Å². The van der Waals surface area contributed by atoms with E-state index in [2.05, 4.69) is 10.3 Å². The molecule has 1 aliphatic rings. The zero-order valence-electron chi connectivity index (χ0n) is 10.2. The summed E-state index contributed by atoms with van der Waals surface area (Å²) >= 11 is 0. The first kappa shape index (κ1) is 13.0. The van der Waals surface area contributed by atoms with E-state index in [9.17, 15) is 9.18 Å². The van der Waals surface area contributed by atoms with Gasteiger partial charge in [0.1, 0.15) is 5.82 Å². The normalized spacial score (nSPS) is 20.7. The number of rotatable bonds is 3. The molecule has 98 valence electrons. The molecule has 0 bridgehead atoms. The number of nitrogens with zero attached hydrogens (tertiary/aromatic N) is 1. The lowest BCUT2D eigenvalue weighted by molar-refractivity contribution is -0.126. The summed E-state index contributed by atoms with van der Waals surface area (Å²) < 4.78 is 12.8. The second-order valence-corrected chi connectivity index (χ2v) is 4.71. The Morgan fingerprint density at radius 3 is 2.83 bits per heavy atom. The second-order valence-electron chi connectivity index (χ2n) is 4.71. The van der Waals surface area contributed by atoms with E-state index in [1.807, 2.05) is 0 Å². The highest BCUT2D eigenvalue weighted by atomic mass is 19.1. The first-order chi connectivity index (χ1) is 8.69. The SMILES string of the molecule is NNC(=O)C1CCCN(Cc2ccc(F)cc2)C1. The molecule has 1 aromatic rings. The number of likely N-dealkylation sites (tertiary alicyclic amines) is 1. The van der Waals surface area contributed by atoms with Gasteiger partial charge in [0.2, 0.25) is 5.91 Å². The highest BCUT2D eigenvalue weighted by Crippen LogP contribution is 2.18. The largest absolute Gasteiger partial charge is 0.298 e. The Kier molecular flexibility index (Phi) is 4.28. The van der Waals surface area contributed by atoms with E-state index in [4.69, 9.17) is 5.84 Å². The van der Waals surface area contributed by atoms with Crippen LogP contribution in [0.1, 0.15) is 18.4 Å². The molecular weight excluding hydrogens is 233 g/mol. The van der Waals surface area contributed by atoms with Gasteiger partial charge in [0.15, 0.2) is 0 Å². The number of halogens is 1. The number of benzene rings is 1. The minimum absolute atomic E-state index is 0.0378. The summed E-state index contributed by atoms with van der Waals surface area (Å²) in [5.74, 6) is 4.80. The van der Waals surface area contributed by atoms with E-state index < -0.39 is 0 Å². The quantitative estimate of drug-likeness (QED) is 0.479. The van der Waals surface area contributed by atoms with Crippen LogP contribution in [-0.2, 0) is 11.3 Å². The Morgan fingerprint density at radius 2 is 2.17 bits per heavy atom. The first-order valence-corrected chi connectivity index (χ1v) is 6.16. The van der Waals surface area contributed by atoms with Crippen molar-refractivity contribution in [1.82, 2.24) is 10.3 Å². The van der Waals surface area contributed by atoms with Gasteiger partial charge in [-0.1, -0.05) is 12.1 Å². The summed E-state index contributed by atoms with van der Waals surface area (Å²) in [6.45, 7) is 2.42. The molecule has 1 fully saturated rings. The van der Waals surface area contributed by atoms with Gasteiger partial charge in [-0.3, -0.25) is 15.1 Å². The second kappa shape index (κ2) is 5.93. The van der Waals surface area contributed by atoms with Crippen LogP contribution < -0.4 is 11.3 Å². The first-order valence-electron chi connectivity index (χ1n) is 6.16. The zero-order chi connectivity index (χ0) is 13.0. The number of nitrogens with one attached hydrogen (secondary N) is 1. The Morgan fingerprint density at radius 1 is 1.44 bits per heavy atom. The van der Waals surface area contributed by atoms with E-state index in [-0.39, 0.29) is 17.6 Å². The van der Waals surface area contributed by atoms with Crippen LogP contribution in [0.5, 0.6) is 0 Å². The Bertz CT molecular complexity index is 407. The van der Waals surface area contributed by atoms with Crippen LogP contribution in [-0.4, -0.2) is 23.9 Å². The summed E-state index contributed by atoms with van der Waals surface area (Å²) in [5.41, 5.74) is 3.27. The summed E-state index contributed by atoms with van der Waals surface area (Å²) in [7, 11) is 0. The molecular formula is C13H18FN3O. The maximum atomic E-state index is 12.8. The molecule has 1 aliphatic heterocycles. The van der Waals surface area contributed by atoms with E-state index in [0.29, 0.717) is 6.54 Å². The average molecular weight is 251 g/mol. The third-order valence-electron chi connectivity index (χ3n) is 3.34. The molecule has 2 rings (SSSR count). The van der Waals surface area contributed by atoms with Crippen molar-refractivity contribution in [2.24, 2.45) is 11.8 Å². The minimum atomic E-state index is -0.224. The molecule has 1 atom stereocenters. The molecule has 3 N–H and O–H groups in total. The number of nitrogens with two attached hydrogens (primary N) is 1. The van der Waals surface area contributed by atoms with Crippen molar-refractivity contribution in [3.8, 4) is 0 Å². The molecule has 1 heterocycles. The maximum Gasteiger partial charge on any atom is 0.238 e. The van der Waals surface area contributed by atoms with Gasteiger partial charge in [-0.05, 0) is 37.1 Å². The molecule has 18 heavy (non-hydrogen) atoms. The van der Waals surface area contributed by atoms with Crippen LogP contribution in [0.15, 0.2) is 24.3 Å². The summed E-state index contributed by atoms with van der Waals surface area (Å²) in [5, 5.41) is 0. The third-order valence-corrected chi connectivity index (χ3v) is 3.34. The fraction of sp³-hybridized carbons (Fsp3) is 0.462. The molecule has 1 unspecified atom stereocenters. The number of hydrogen-bond donors (Lipinski definition) is 2.